The van der Waals surface area contributed by atoms with Crippen molar-refractivity contribution in [2.24, 2.45) is 0 Å². The van der Waals surface area contributed by atoms with Crippen molar-refractivity contribution in [1.29, 1.82) is 0 Å². The lowest BCUT2D eigenvalue weighted by Crippen LogP contribution is -2.10. The summed E-state index contributed by atoms with van der Waals surface area (Å²) >= 11 is 0. The fourth-order valence-corrected chi connectivity index (χ4v) is 2.25. The Hall–Kier alpha value is -3.55. The normalized spacial score (nSPS) is 10.4. The van der Waals surface area contributed by atoms with Gasteiger partial charge in [-0.25, -0.2) is 4.98 Å². The Morgan fingerprint density at radius 2 is 2.00 bits per heavy atom. The zero-order chi connectivity index (χ0) is 16.4. The van der Waals surface area contributed by atoms with E-state index >= 15 is 0 Å². The van der Waals surface area contributed by atoms with E-state index in [0.29, 0.717) is 22.9 Å². The summed E-state index contributed by atoms with van der Waals surface area (Å²) in [6, 6.07) is 10.7. The fourth-order valence-electron chi connectivity index (χ4n) is 2.25. The molecule has 0 saturated carbocycles. The summed E-state index contributed by atoms with van der Waals surface area (Å²) < 4.78 is 0. The van der Waals surface area contributed by atoms with Crippen LogP contribution in [0.4, 0.5) is 11.4 Å². The van der Waals surface area contributed by atoms with Crippen LogP contribution in [0, 0.1) is 10.1 Å². The molecule has 114 valence electrons. The quantitative estimate of drug-likeness (QED) is 0.434. The van der Waals surface area contributed by atoms with Crippen molar-refractivity contribution in [3.05, 3.63) is 62.9 Å². The minimum atomic E-state index is -0.573. The van der Waals surface area contributed by atoms with E-state index in [1.165, 1.54) is 18.2 Å². The molecule has 0 aliphatic carbocycles. The molecule has 23 heavy (non-hydrogen) atoms. The Labute approximate surface area is 129 Å². The Kier molecular flexibility index (Phi) is 3.55. The summed E-state index contributed by atoms with van der Waals surface area (Å²) in [6.45, 7) is 0. The average Bonchev–Trinajstić information content (AvgIpc) is 2.55. The van der Waals surface area contributed by atoms with Gasteiger partial charge in [-0.3, -0.25) is 19.7 Å². The molecule has 3 rings (SSSR count). The second-order valence-electron chi connectivity index (χ2n) is 4.68. The summed E-state index contributed by atoms with van der Waals surface area (Å²) in [6.07, 6.45) is 0.404. The zero-order valence-electron chi connectivity index (χ0n) is 11.6. The highest BCUT2D eigenvalue weighted by Crippen LogP contribution is 2.29. The lowest BCUT2D eigenvalue weighted by molar-refractivity contribution is -0.384. The number of aromatic amines is 1. The Morgan fingerprint density at radius 3 is 2.74 bits per heavy atom. The highest BCUT2D eigenvalue weighted by Gasteiger charge is 2.14. The summed E-state index contributed by atoms with van der Waals surface area (Å²) in [4.78, 5) is 40.1. The van der Waals surface area contributed by atoms with Crippen LogP contribution in [0.2, 0.25) is 0 Å². The van der Waals surface area contributed by atoms with Crippen molar-refractivity contribution in [1.82, 2.24) is 9.97 Å². The third-order valence-corrected chi connectivity index (χ3v) is 3.30. The maximum atomic E-state index is 12.1. The monoisotopic (exact) mass is 310 g/mol. The molecular formula is C15H10N4O4. The predicted molar refractivity (Wildman–Crippen MR) is 84.1 cm³/mol. The molecule has 1 amide bonds. The number of benzene rings is 2. The van der Waals surface area contributed by atoms with Gasteiger partial charge in [-0.2, -0.15) is 0 Å². The van der Waals surface area contributed by atoms with Crippen molar-refractivity contribution >= 4 is 28.7 Å². The number of nitrogens with zero attached hydrogens (tertiary/aromatic N) is 2. The van der Waals surface area contributed by atoms with E-state index in [1.54, 1.807) is 24.3 Å². The van der Waals surface area contributed by atoms with Crippen molar-refractivity contribution in [3.63, 3.8) is 0 Å². The number of para-hydroxylation sites is 1. The van der Waals surface area contributed by atoms with Crippen molar-refractivity contribution in [3.8, 4) is 11.4 Å². The van der Waals surface area contributed by atoms with E-state index in [-0.39, 0.29) is 22.8 Å². The highest BCUT2D eigenvalue weighted by atomic mass is 16.6. The fraction of sp³-hybridized carbons (Fsp3) is 0. The Bertz CT molecular complexity index is 981. The standard InChI is InChI=1S/C15H10N4O4/c20-8-16-13-7-9(19(22)23)5-6-10(13)14-17-12-4-2-1-3-11(12)15(21)18-14/h1-8H,(H,16,20)(H,17,18,21). The third-order valence-electron chi connectivity index (χ3n) is 3.30. The molecule has 0 aliphatic rings. The molecule has 8 heteroatoms. The Morgan fingerprint density at radius 1 is 1.22 bits per heavy atom. The summed E-state index contributed by atoms with van der Waals surface area (Å²) in [5.74, 6) is 0.216. The minimum Gasteiger partial charge on any atom is -0.328 e. The number of hydrogen-bond donors (Lipinski definition) is 2. The van der Waals surface area contributed by atoms with Crippen LogP contribution >= 0.6 is 0 Å². The zero-order valence-corrected chi connectivity index (χ0v) is 11.6. The van der Waals surface area contributed by atoms with Crippen LogP contribution in [0.3, 0.4) is 0 Å². The molecule has 1 aromatic heterocycles. The first-order chi connectivity index (χ1) is 11.1. The van der Waals surface area contributed by atoms with Crippen LogP contribution in [0.5, 0.6) is 0 Å². The minimum absolute atomic E-state index is 0.179. The lowest BCUT2D eigenvalue weighted by Gasteiger charge is -2.08. The van der Waals surface area contributed by atoms with E-state index < -0.39 is 4.92 Å². The number of fused-ring (bicyclic) bond motifs is 1. The summed E-state index contributed by atoms with van der Waals surface area (Å²) in [7, 11) is 0. The molecule has 2 aromatic carbocycles. The number of amides is 1. The van der Waals surface area contributed by atoms with E-state index in [4.69, 9.17) is 0 Å². The number of nitro groups is 1. The number of rotatable bonds is 4. The van der Waals surface area contributed by atoms with Gasteiger partial charge in [-0.1, -0.05) is 12.1 Å². The summed E-state index contributed by atoms with van der Waals surface area (Å²) in [5, 5.41) is 13.7. The maximum Gasteiger partial charge on any atom is 0.271 e. The van der Waals surface area contributed by atoms with Crippen LogP contribution in [0.25, 0.3) is 22.3 Å². The molecule has 0 unspecified atom stereocenters. The molecule has 0 radical (unpaired) electrons. The first kappa shape index (κ1) is 14.4. The SMILES string of the molecule is O=CNc1cc([N+](=O)[O-])ccc1-c1nc2ccccc2c(=O)[nH]1. The van der Waals surface area contributed by atoms with Gasteiger partial charge in [0.2, 0.25) is 6.41 Å². The van der Waals surface area contributed by atoms with E-state index in [9.17, 15) is 19.7 Å². The number of non-ortho nitro benzene ring substituents is 1. The first-order valence-electron chi connectivity index (χ1n) is 6.58. The van der Waals surface area contributed by atoms with Crippen LogP contribution < -0.4 is 10.9 Å². The molecule has 2 N–H and O–H groups in total. The van der Waals surface area contributed by atoms with Gasteiger partial charge >= 0.3 is 0 Å². The van der Waals surface area contributed by atoms with Crippen molar-refractivity contribution in [2.45, 2.75) is 0 Å². The first-order valence-corrected chi connectivity index (χ1v) is 6.58. The van der Waals surface area contributed by atoms with E-state index in [2.05, 4.69) is 15.3 Å². The molecule has 1 heterocycles. The number of carbonyl (C=O) groups is 1. The number of carbonyl (C=O) groups excluding carboxylic acids is 1. The molecule has 0 atom stereocenters. The van der Waals surface area contributed by atoms with Crippen LogP contribution in [-0.4, -0.2) is 21.3 Å². The maximum absolute atomic E-state index is 12.1. The van der Waals surface area contributed by atoms with E-state index in [0.717, 1.165) is 0 Å². The van der Waals surface area contributed by atoms with Crippen LogP contribution in [0.1, 0.15) is 0 Å². The topological polar surface area (TPSA) is 118 Å². The molecule has 0 spiro atoms. The number of hydrogen-bond acceptors (Lipinski definition) is 5. The number of H-pyrrole nitrogens is 1. The number of nitro benzene ring substituents is 1. The van der Waals surface area contributed by atoms with Crippen LogP contribution in [-0.2, 0) is 4.79 Å². The second kappa shape index (κ2) is 5.68. The third kappa shape index (κ3) is 2.64. The van der Waals surface area contributed by atoms with Gasteiger partial charge in [-0.15, -0.1) is 0 Å². The van der Waals surface area contributed by atoms with Gasteiger partial charge in [-0.05, 0) is 18.2 Å². The van der Waals surface area contributed by atoms with Crippen molar-refractivity contribution < 1.29 is 9.72 Å². The molecule has 0 fully saturated rings. The molecule has 0 aliphatic heterocycles. The molecular weight excluding hydrogens is 300 g/mol. The number of nitrogens with one attached hydrogen (secondary N) is 2. The molecule has 0 saturated heterocycles. The smallest absolute Gasteiger partial charge is 0.271 e. The number of anilines is 1. The largest absolute Gasteiger partial charge is 0.328 e. The molecule has 3 aromatic rings. The number of aromatic nitrogens is 2. The molecule has 8 nitrogen and oxygen atoms in total. The van der Waals surface area contributed by atoms with Gasteiger partial charge in [0.05, 0.1) is 21.5 Å². The highest BCUT2D eigenvalue weighted by molar-refractivity contribution is 5.86. The van der Waals surface area contributed by atoms with Gasteiger partial charge in [0.1, 0.15) is 5.82 Å². The van der Waals surface area contributed by atoms with Gasteiger partial charge < -0.3 is 10.3 Å². The summed E-state index contributed by atoms with van der Waals surface area (Å²) in [5.41, 5.74) is 0.544. The van der Waals surface area contributed by atoms with E-state index in [1.807, 2.05) is 0 Å². The lowest BCUT2D eigenvalue weighted by atomic mass is 10.1. The Balaban J connectivity index is 2.23. The van der Waals surface area contributed by atoms with Crippen LogP contribution in [0.15, 0.2) is 47.3 Å². The molecule has 0 bridgehead atoms. The van der Waals surface area contributed by atoms with Gasteiger partial charge in [0.15, 0.2) is 0 Å². The van der Waals surface area contributed by atoms with Gasteiger partial charge in [0, 0.05) is 17.7 Å². The second-order valence-corrected chi connectivity index (χ2v) is 4.68. The predicted octanol–water partition coefficient (Wildman–Crippen LogP) is 2.07. The van der Waals surface area contributed by atoms with Crippen molar-refractivity contribution in [2.75, 3.05) is 5.32 Å². The average molecular weight is 310 g/mol. The van der Waals surface area contributed by atoms with Gasteiger partial charge in [0.25, 0.3) is 11.2 Å².